The molecule has 0 heterocycles. The standard InChI is InChI=1S/C17H22O6/c1-12(8-4-2-3-5-11-15(18)19)23-17(22)14-10-7-6-9-13(14)16(20)21/h6-7,9-10,12H,2-5,8,11H2,1H3,(H,18,19)(H,20,21). The second kappa shape index (κ2) is 9.61. The molecule has 0 saturated carbocycles. The first-order valence-corrected chi connectivity index (χ1v) is 7.67. The van der Waals surface area contributed by atoms with Gasteiger partial charge in [0.25, 0.3) is 0 Å². The van der Waals surface area contributed by atoms with E-state index in [9.17, 15) is 14.4 Å². The number of hydrogen-bond donors (Lipinski definition) is 2. The molecule has 1 aromatic carbocycles. The van der Waals surface area contributed by atoms with E-state index in [2.05, 4.69) is 0 Å². The third-order valence-electron chi connectivity index (χ3n) is 3.44. The molecule has 0 fully saturated rings. The highest BCUT2D eigenvalue weighted by atomic mass is 16.5. The van der Waals surface area contributed by atoms with E-state index in [1.807, 2.05) is 0 Å². The zero-order valence-electron chi connectivity index (χ0n) is 13.2. The van der Waals surface area contributed by atoms with Crippen LogP contribution < -0.4 is 0 Å². The third kappa shape index (κ3) is 6.95. The van der Waals surface area contributed by atoms with Crippen LogP contribution in [0, 0.1) is 0 Å². The van der Waals surface area contributed by atoms with Crippen LogP contribution in [0.25, 0.3) is 0 Å². The topological polar surface area (TPSA) is 101 Å². The number of unbranched alkanes of at least 4 members (excludes halogenated alkanes) is 3. The van der Waals surface area contributed by atoms with Gasteiger partial charge >= 0.3 is 17.9 Å². The molecule has 0 aliphatic rings. The minimum absolute atomic E-state index is 0.0494. The second-order valence-electron chi connectivity index (χ2n) is 5.41. The molecule has 0 aliphatic heterocycles. The van der Waals surface area contributed by atoms with Crippen molar-refractivity contribution in [1.82, 2.24) is 0 Å². The highest BCUT2D eigenvalue weighted by molar-refractivity contribution is 6.02. The Morgan fingerprint density at radius 1 is 1.00 bits per heavy atom. The lowest BCUT2D eigenvalue weighted by Crippen LogP contribution is -2.17. The minimum atomic E-state index is -1.16. The number of carbonyl (C=O) groups excluding carboxylic acids is 1. The molecule has 1 unspecified atom stereocenters. The van der Waals surface area contributed by atoms with Gasteiger partial charge in [0.2, 0.25) is 0 Å². The molecule has 6 heteroatoms. The molecule has 0 spiro atoms. The number of aromatic carboxylic acids is 1. The lowest BCUT2D eigenvalue weighted by Gasteiger charge is -2.14. The van der Waals surface area contributed by atoms with Crippen LogP contribution in [0.2, 0.25) is 0 Å². The van der Waals surface area contributed by atoms with Crippen molar-refractivity contribution in [2.45, 2.75) is 51.6 Å². The van der Waals surface area contributed by atoms with Crippen molar-refractivity contribution in [1.29, 1.82) is 0 Å². The minimum Gasteiger partial charge on any atom is -0.481 e. The van der Waals surface area contributed by atoms with Crippen molar-refractivity contribution >= 4 is 17.9 Å². The zero-order chi connectivity index (χ0) is 17.2. The van der Waals surface area contributed by atoms with Crippen molar-refractivity contribution in [3.8, 4) is 0 Å². The van der Waals surface area contributed by atoms with Gasteiger partial charge in [0, 0.05) is 6.42 Å². The highest BCUT2D eigenvalue weighted by Gasteiger charge is 2.18. The maximum absolute atomic E-state index is 12.0. The van der Waals surface area contributed by atoms with E-state index >= 15 is 0 Å². The van der Waals surface area contributed by atoms with E-state index in [0.29, 0.717) is 12.8 Å². The summed E-state index contributed by atoms with van der Waals surface area (Å²) in [5.41, 5.74) is -0.0216. The lowest BCUT2D eigenvalue weighted by molar-refractivity contribution is -0.137. The van der Waals surface area contributed by atoms with Crippen molar-refractivity contribution in [2.24, 2.45) is 0 Å². The van der Waals surface area contributed by atoms with Gasteiger partial charge in [-0.25, -0.2) is 9.59 Å². The molecule has 126 valence electrons. The van der Waals surface area contributed by atoms with Gasteiger partial charge in [-0.15, -0.1) is 0 Å². The van der Waals surface area contributed by atoms with Crippen LogP contribution >= 0.6 is 0 Å². The molecule has 2 N–H and O–H groups in total. The number of carboxylic acid groups (broad SMARTS) is 2. The molecule has 0 bridgehead atoms. The summed E-state index contributed by atoms with van der Waals surface area (Å²) in [6.45, 7) is 1.76. The molecule has 0 amide bonds. The van der Waals surface area contributed by atoms with E-state index < -0.39 is 17.9 Å². The number of esters is 1. The normalized spacial score (nSPS) is 11.7. The van der Waals surface area contributed by atoms with Crippen molar-refractivity contribution in [3.05, 3.63) is 35.4 Å². The summed E-state index contributed by atoms with van der Waals surface area (Å²) in [6, 6.07) is 5.95. The first kappa shape index (κ1) is 18.7. The van der Waals surface area contributed by atoms with Gasteiger partial charge in [0.1, 0.15) is 0 Å². The van der Waals surface area contributed by atoms with Crippen LogP contribution in [0.3, 0.4) is 0 Å². The fourth-order valence-corrected chi connectivity index (χ4v) is 2.21. The largest absolute Gasteiger partial charge is 0.481 e. The summed E-state index contributed by atoms with van der Waals surface area (Å²) in [5, 5.41) is 17.6. The Hall–Kier alpha value is -2.37. The summed E-state index contributed by atoms with van der Waals surface area (Å²) in [7, 11) is 0. The van der Waals surface area contributed by atoms with Crippen molar-refractivity contribution in [3.63, 3.8) is 0 Å². The number of benzene rings is 1. The first-order chi connectivity index (χ1) is 10.9. The Kier molecular flexibility index (Phi) is 7.80. The molecule has 23 heavy (non-hydrogen) atoms. The molecule has 1 rings (SSSR count). The van der Waals surface area contributed by atoms with Gasteiger partial charge in [-0.2, -0.15) is 0 Å². The van der Waals surface area contributed by atoms with Gasteiger partial charge < -0.3 is 14.9 Å². The zero-order valence-corrected chi connectivity index (χ0v) is 13.2. The molecule has 0 saturated heterocycles. The first-order valence-electron chi connectivity index (χ1n) is 7.67. The molecule has 0 aromatic heterocycles. The maximum atomic E-state index is 12.0. The number of hydrogen-bond acceptors (Lipinski definition) is 4. The summed E-state index contributed by atoms with van der Waals surface area (Å²) in [6.07, 6.45) is 3.70. The third-order valence-corrected chi connectivity index (χ3v) is 3.44. The smallest absolute Gasteiger partial charge is 0.339 e. The van der Waals surface area contributed by atoms with Crippen molar-refractivity contribution < 1.29 is 29.3 Å². The predicted octanol–water partition coefficient (Wildman–Crippen LogP) is 3.36. The quantitative estimate of drug-likeness (QED) is 0.506. The van der Waals surface area contributed by atoms with Crippen LogP contribution in [0.15, 0.2) is 24.3 Å². The SMILES string of the molecule is CC(CCCCCCC(=O)O)OC(=O)c1ccccc1C(=O)O. The molecule has 1 atom stereocenters. The van der Waals surface area contributed by atoms with Crippen LogP contribution in [0.4, 0.5) is 0 Å². The van der Waals surface area contributed by atoms with E-state index in [1.54, 1.807) is 19.1 Å². The summed E-state index contributed by atoms with van der Waals surface area (Å²) in [4.78, 5) is 33.5. The molecule has 0 aliphatic carbocycles. The fraction of sp³-hybridized carbons (Fsp3) is 0.471. The number of aliphatic carboxylic acids is 1. The van der Waals surface area contributed by atoms with E-state index in [0.717, 1.165) is 19.3 Å². The Morgan fingerprint density at radius 3 is 2.22 bits per heavy atom. The number of carboxylic acids is 2. The fourth-order valence-electron chi connectivity index (χ4n) is 2.21. The summed E-state index contributed by atoms with van der Waals surface area (Å²) < 4.78 is 5.28. The van der Waals surface area contributed by atoms with E-state index in [4.69, 9.17) is 14.9 Å². The molecular weight excluding hydrogens is 300 g/mol. The van der Waals surface area contributed by atoms with Crippen LogP contribution in [-0.4, -0.2) is 34.2 Å². The summed E-state index contributed by atoms with van der Waals surface area (Å²) >= 11 is 0. The summed E-state index contributed by atoms with van der Waals surface area (Å²) in [5.74, 6) is -2.59. The average Bonchev–Trinajstić information content (AvgIpc) is 2.50. The molecular formula is C17H22O6. The van der Waals surface area contributed by atoms with Crippen LogP contribution in [-0.2, 0) is 9.53 Å². The monoisotopic (exact) mass is 322 g/mol. The van der Waals surface area contributed by atoms with E-state index in [-0.39, 0.29) is 23.7 Å². The average molecular weight is 322 g/mol. The van der Waals surface area contributed by atoms with Crippen LogP contribution in [0.5, 0.6) is 0 Å². The maximum Gasteiger partial charge on any atom is 0.339 e. The Balaban J connectivity index is 2.37. The predicted molar refractivity (Wildman–Crippen MR) is 83.6 cm³/mol. The van der Waals surface area contributed by atoms with Crippen LogP contribution in [0.1, 0.15) is 66.2 Å². The van der Waals surface area contributed by atoms with E-state index in [1.165, 1.54) is 12.1 Å². The van der Waals surface area contributed by atoms with Gasteiger partial charge in [0.05, 0.1) is 17.2 Å². The molecule has 6 nitrogen and oxygen atoms in total. The number of ether oxygens (including phenoxy) is 1. The van der Waals surface area contributed by atoms with Gasteiger partial charge in [-0.05, 0) is 38.3 Å². The number of carbonyl (C=O) groups is 3. The second-order valence-corrected chi connectivity index (χ2v) is 5.41. The number of rotatable bonds is 10. The Morgan fingerprint density at radius 2 is 1.61 bits per heavy atom. The molecule has 0 radical (unpaired) electrons. The lowest BCUT2D eigenvalue weighted by atomic mass is 10.1. The highest BCUT2D eigenvalue weighted by Crippen LogP contribution is 2.14. The van der Waals surface area contributed by atoms with Gasteiger partial charge in [0.15, 0.2) is 0 Å². The van der Waals surface area contributed by atoms with Gasteiger partial charge in [-0.3, -0.25) is 4.79 Å². The van der Waals surface area contributed by atoms with Gasteiger partial charge in [-0.1, -0.05) is 25.0 Å². The Bertz CT molecular complexity index is 552. The Labute approximate surface area is 135 Å². The molecule has 1 aromatic rings. The van der Waals surface area contributed by atoms with Crippen molar-refractivity contribution in [2.75, 3.05) is 0 Å².